The minimum absolute atomic E-state index is 0.141. The van der Waals surface area contributed by atoms with Gasteiger partial charge in [-0.3, -0.25) is 9.69 Å². The van der Waals surface area contributed by atoms with E-state index in [-0.39, 0.29) is 5.91 Å². The Kier molecular flexibility index (Phi) is 6.80. The van der Waals surface area contributed by atoms with Crippen LogP contribution in [0.3, 0.4) is 0 Å². The molecule has 0 fully saturated rings. The molecule has 1 unspecified atom stereocenters. The number of rotatable bonds is 8. The van der Waals surface area contributed by atoms with Crippen molar-refractivity contribution in [3.05, 3.63) is 108 Å². The molecule has 0 radical (unpaired) electrons. The van der Waals surface area contributed by atoms with Gasteiger partial charge in [0, 0.05) is 42.3 Å². The fraction of sp³-hybridized carbons (Fsp3) is 0.200. The maximum absolute atomic E-state index is 13.2. The largest absolute Gasteiger partial charge is 0.390 e. The molecule has 5 rings (SSSR count). The third kappa shape index (κ3) is 5.00. The molecular formula is C30H30N4O2. The molecular weight excluding hydrogens is 448 g/mol. The van der Waals surface area contributed by atoms with Crippen molar-refractivity contribution in [1.82, 2.24) is 9.47 Å². The van der Waals surface area contributed by atoms with Crippen molar-refractivity contribution in [3.63, 3.8) is 0 Å². The lowest BCUT2D eigenvalue weighted by Gasteiger charge is -2.21. The van der Waals surface area contributed by atoms with Crippen molar-refractivity contribution in [1.29, 1.82) is 0 Å². The molecule has 1 amide bonds. The summed E-state index contributed by atoms with van der Waals surface area (Å²) in [5, 5.41) is 17.9. The Balaban J connectivity index is 1.36. The molecule has 182 valence electrons. The highest BCUT2D eigenvalue weighted by Crippen LogP contribution is 2.28. The molecule has 0 aliphatic carbocycles. The number of carbonyl (C=O) groups is 1. The standard InChI is InChI=1S/C30H30N4O2/c1-22-28(30(36)34(31-22)25-13-7-4-8-14-25)17-24-19-33(29-16-10-9-15-27(24)29)21-26(35)20-32(2)18-23-11-5-3-6-12-23/h3-17,19,26,35H,18,20-21H2,1-2H3. The van der Waals surface area contributed by atoms with E-state index < -0.39 is 6.10 Å². The van der Waals surface area contributed by atoms with Gasteiger partial charge in [0.2, 0.25) is 0 Å². The quantitative estimate of drug-likeness (QED) is 0.365. The topological polar surface area (TPSA) is 61.1 Å². The maximum atomic E-state index is 13.2. The van der Waals surface area contributed by atoms with Crippen molar-refractivity contribution in [2.45, 2.75) is 26.1 Å². The molecule has 0 spiro atoms. The smallest absolute Gasteiger partial charge is 0.280 e. The van der Waals surface area contributed by atoms with E-state index in [0.717, 1.165) is 28.7 Å². The van der Waals surface area contributed by atoms with Gasteiger partial charge in [0.15, 0.2) is 0 Å². The van der Waals surface area contributed by atoms with E-state index in [4.69, 9.17) is 0 Å². The van der Waals surface area contributed by atoms with E-state index >= 15 is 0 Å². The molecule has 1 aromatic heterocycles. The van der Waals surface area contributed by atoms with Crippen molar-refractivity contribution >= 4 is 34.3 Å². The van der Waals surface area contributed by atoms with Crippen LogP contribution in [0.2, 0.25) is 0 Å². The molecule has 6 nitrogen and oxygen atoms in total. The van der Waals surface area contributed by atoms with Gasteiger partial charge in [0.1, 0.15) is 0 Å². The molecule has 4 aromatic rings. The number of para-hydroxylation sites is 2. The number of fused-ring (bicyclic) bond motifs is 1. The number of aliphatic hydroxyl groups excluding tert-OH is 1. The molecule has 0 bridgehead atoms. The highest BCUT2D eigenvalue weighted by atomic mass is 16.3. The van der Waals surface area contributed by atoms with Crippen LogP contribution >= 0.6 is 0 Å². The number of carbonyl (C=O) groups excluding carboxylic acids is 1. The van der Waals surface area contributed by atoms with Gasteiger partial charge in [0.25, 0.3) is 5.91 Å². The van der Waals surface area contributed by atoms with E-state index in [2.05, 4.69) is 26.7 Å². The van der Waals surface area contributed by atoms with E-state index in [9.17, 15) is 9.90 Å². The lowest BCUT2D eigenvalue weighted by molar-refractivity contribution is -0.114. The predicted molar refractivity (Wildman–Crippen MR) is 146 cm³/mol. The number of amides is 1. The summed E-state index contributed by atoms with van der Waals surface area (Å²) in [5.74, 6) is -0.141. The molecule has 2 heterocycles. The third-order valence-electron chi connectivity index (χ3n) is 6.41. The second-order valence-corrected chi connectivity index (χ2v) is 9.29. The van der Waals surface area contributed by atoms with Crippen molar-refractivity contribution < 1.29 is 9.90 Å². The van der Waals surface area contributed by atoms with Gasteiger partial charge in [-0.25, -0.2) is 0 Å². The van der Waals surface area contributed by atoms with Crippen LogP contribution in [0, 0.1) is 0 Å². The average Bonchev–Trinajstić information content (AvgIpc) is 3.37. The summed E-state index contributed by atoms with van der Waals surface area (Å²) in [6, 6.07) is 27.8. The summed E-state index contributed by atoms with van der Waals surface area (Å²) < 4.78 is 2.07. The van der Waals surface area contributed by atoms with Crippen LogP contribution in [0.4, 0.5) is 5.69 Å². The Bertz CT molecular complexity index is 1420. The second kappa shape index (κ2) is 10.3. The summed E-state index contributed by atoms with van der Waals surface area (Å²) in [4.78, 5) is 15.3. The molecule has 1 N–H and O–H groups in total. The average molecular weight is 479 g/mol. The molecule has 6 heteroatoms. The minimum Gasteiger partial charge on any atom is -0.390 e. The SMILES string of the molecule is CC1=NN(c2ccccc2)C(=O)C1=Cc1cn(CC(O)CN(C)Cc2ccccc2)c2ccccc12. The summed E-state index contributed by atoms with van der Waals surface area (Å²) in [7, 11) is 2.02. The van der Waals surface area contributed by atoms with Gasteiger partial charge in [-0.05, 0) is 43.8 Å². The van der Waals surface area contributed by atoms with Gasteiger partial charge >= 0.3 is 0 Å². The second-order valence-electron chi connectivity index (χ2n) is 9.29. The number of aromatic nitrogens is 1. The molecule has 1 atom stereocenters. The fourth-order valence-electron chi connectivity index (χ4n) is 4.73. The molecule has 0 saturated heterocycles. The number of nitrogens with zero attached hydrogens (tertiary/aromatic N) is 4. The van der Waals surface area contributed by atoms with E-state index in [1.807, 2.05) is 99.0 Å². The van der Waals surface area contributed by atoms with Crippen molar-refractivity contribution in [2.24, 2.45) is 5.10 Å². The maximum Gasteiger partial charge on any atom is 0.280 e. The van der Waals surface area contributed by atoms with Crippen LogP contribution in [0.1, 0.15) is 18.1 Å². The van der Waals surface area contributed by atoms with Crippen LogP contribution in [0.15, 0.2) is 102 Å². The molecule has 1 aliphatic heterocycles. The summed E-state index contributed by atoms with van der Waals surface area (Å²) >= 11 is 0. The Hall–Kier alpha value is -4.00. The highest BCUT2D eigenvalue weighted by molar-refractivity contribution is 6.32. The number of hydrogen-bond acceptors (Lipinski definition) is 4. The van der Waals surface area contributed by atoms with Gasteiger partial charge in [-0.1, -0.05) is 66.7 Å². The summed E-state index contributed by atoms with van der Waals surface area (Å²) in [5.41, 5.74) is 5.18. The van der Waals surface area contributed by atoms with E-state index in [1.54, 1.807) is 0 Å². The van der Waals surface area contributed by atoms with Gasteiger partial charge in [-0.15, -0.1) is 0 Å². The minimum atomic E-state index is -0.542. The van der Waals surface area contributed by atoms with Crippen LogP contribution in [-0.2, 0) is 17.9 Å². The number of likely N-dealkylation sites (N-methyl/N-ethyl adjacent to an activating group) is 1. The summed E-state index contributed by atoms with van der Waals surface area (Å²) in [6.45, 7) is 3.65. The van der Waals surface area contributed by atoms with Crippen molar-refractivity contribution in [3.8, 4) is 0 Å². The van der Waals surface area contributed by atoms with E-state index in [0.29, 0.717) is 24.4 Å². The van der Waals surface area contributed by atoms with E-state index in [1.165, 1.54) is 10.6 Å². The van der Waals surface area contributed by atoms with Crippen LogP contribution in [0.25, 0.3) is 17.0 Å². The zero-order valence-corrected chi connectivity index (χ0v) is 20.6. The lowest BCUT2D eigenvalue weighted by atomic mass is 10.1. The number of hydrazone groups is 1. The van der Waals surface area contributed by atoms with Gasteiger partial charge in [-0.2, -0.15) is 10.1 Å². The Labute approximate surface area is 211 Å². The first-order valence-corrected chi connectivity index (χ1v) is 12.1. The molecule has 0 saturated carbocycles. The first kappa shape index (κ1) is 23.7. The first-order valence-electron chi connectivity index (χ1n) is 12.1. The van der Waals surface area contributed by atoms with Crippen LogP contribution in [0.5, 0.6) is 0 Å². The predicted octanol–water partition coefficient (Wildman–Crippen LogP) is 4.94. The van der Waals surface area contributed by atoms with Crippen LogP contribution < -0.4 is 5.01 Å². The number of benzene rings is 3. The van der Waals surface area contributed by atoms with Gasteiger partial charge in [0.05, 0.1) is 23.1 Å². The Morgan fingerprint density at radius 3 is 2.39 bits per heavy atom. The normalized spacial score (nSPS) is 15.8. The Morgan fingerprint density at radius 2 is 1.64 bits per heavy atom. The molecule has 36 heavy (non-hydrogen) atoms. The zero-order valence-electron chi connectivity index (χ0n) is 20.6. The molecule has 3 aromatic carbocycles. The molecule has 1 aliphatic rings. The monoisotopic (exact) mass is 478 g/mol. The highest BCUT2D eigenvalue weighted by Gasteiger charge is 2.29. The number of aliphatic hydroxyl groups is 1. The first-order chi connectivity index (χ1) is 17.5. The van der Waals surface area contributed by atoms with Crippen LogP contribution in [-0.4, -0.2) is 45.9 Å². The number of anilines is 1. The summed E-state index contributed by atoms with van der Waals surface area (Å²) in [6.07, 6.45) is 3.39. The lowest BCUT2D eigenvalue weighted by Crippen LogP contribution is -2.31. The van der Waals surface area contributed by atoms with Crippen molar-refractivity contribution in [2.75, 3.05) is 18.6 Å². The number of hydrogen-bond donors (Lipinski definition) is 1. The fourth-order valence-corrected chi connectivity index (χ4v) is 4.73. The zero-order chi connectivity index (χ0) is 25.1. The van der Waals surface area contributed by atoms with Gasteiger partial charge < -0.3 is 9.67 Å². The third-order valence-corrected chi connectivity index (χ3v) is 6.41. The Morgan fingerprint density at radius 1 is 0.972 bits per heavy atom.